The van der Waals surface area contributed by atoms with E-state index in [1.54, 1.807) is 6.92 Å². The summed E-state index contributed by atoms with van der Waals surface area (Å²) < 4.78 is 14.4. The van der Waals surface area contributed by atoms with Crippen LogP contribution in [-0.2, 0) is 0 Å². The molecular weight excluding hydrogens is 195 g/mol. The van der Waals surface area contributed by atoms with Crippen LogP contribution in [0, 0.1) is 16.7 Å². The minimum Gasteiger partial charge on any atom is -0.322 e. The molecule has 2 rings (SSSR count). The number of rotatable bonds is 0. The summed E-state index contributed by atoms with van der Waals surface area (Å²) in [5, 5.41) is 0. The van der Waals surface area contributed by atoms with E-state index in [4.69, 9.17) is 12.2 Å². The second-order valence-corrected chi connectivity index (χ2v) is 4.11. The number of thiazole rings is 1. The number of fused-ring (bicyclic) bond motifs is 1. The summed E-state index contributed by atoms with van der Waals surface area (Å²) in [6, 6.07) is 0. The Morgan fingerprint density at radius 2 is 2.42 bits per heavy atom. The molecule has 0 amide bonds. The number of hydrogen-bond acceptors (Lipinski definition) is 3. The monoisotopic (exact) mass is 200 g/mol. The van der Waals surface area contributed by atoms with E-state index in [0.717, 1.165) is 4.70 Å². The van der Waals surface area contributed by atoms with Crippen LogP contribution < -0.4 is 0 Å². The standard InChI is InChI=1S/C7H5FN2S2/c1-3-4(8)2-9-6-5(3)12-7(11)10-6/h2H,1H3,(H,9,10,11). The van der Waals surface area contributed by atoms with E-state index in [0.29, 0.717) is 15.2 Å². The number of halogens is 1. The van der Waals surface area contributed by atoms with Gasteiger partial charge in [-0.05, 0) is 19.1 Å². The highest BCUT2D eigenvalue weighted by molar-refractivity contribution is 7.73. The Balaban J connectivity index is 2.99. The molecule has 0 unspecified atom stereocenters. The van der Waals surface area contributed by atoms with Crippen molar-refractivity contribution in [1.29, 1.82) is 0 Å². The molecule has 0 aliphatic heterocycles. The Morgan fingerprint density at radius 1 is 1.67 bits per heavy atom. The second kappa shape index (κ2) is 2.60. The maximum Gasteiger partial charge on any atom is 0.160 e. The molecule has 0 aliphatic rings. The molecule has 0 radical (unpaired) electrons. The molecule has 2 heterocycles. The van der Waals surface area contributed by atoms with E-state index >= 15 is 0 Å². The van der Waals surface area contributed by atoms with Gasteiger partial charge in [0.15, 0.2) is 3.95 Å². The second-order valence-electron chi connectivity index (χ2n) is 2.42. The van der Waals surface area contributed by atoms with E-state index in [1.807, 2.05) is 0 Å². The molecule has 0 saturated carbocycles. The van der Waals surface area contributed by atoms with Gasteiger partial charge in [-0.3, -0.25) is 0 Å². The number of aryl methyl sites for hydroxylation is 1. The predicted octanol–water partition coefficient (Wildman–Crippen LogP) is 2.80. The lowest BCUT2D eigenvalue weighted by atomic mass is 10.3. The summed E-state index contributed by atoms with van der Waals surface area (Å²) in [5.74, 6) is -0.284. The van der Waals surface area contributed by atoms with E-state index < -0.39 is 0 Å². The third-order valence-electron chi connectivity index (χ3n) is 1.64. The van der Waals surface area contributed by atoms with Gasteiger partial charge >= 0.3 is 0 Å². The first kappa shape index (κ1) is 7.82. The minimum absolute atomic E-state index is 0.284. The summed E-state index contributed by atoms with van der Waals surface area (Å²) in [7, 11) is 0. The van der Waals surface area contributed by atoms with Crippen LogP contribution in [-0.4, -0.2) is 9.97 Å². The molecule has 2 nitrogen and oxygen atoms in total. The molecule has 0 aromatic carbocycles. The lowest BCUT2D eigenvalue weighted by molar-refractivity contribution is 0.615. The van der Waals surface area contributed by atoms with Crippen LogP contribution in [0.25, 0.3) is 10.3 Å². The number of nitrogens with one attached hydrogen (secondary N) is 1. The van der Waals surface area contributed by atoms with Crippen LogP contribution in [0.1, 0.15) is 5.56 Å². The fourth-order valence-electron chi connectivity index (χ4n) is 0.992. The van der Waals surface area contributed by atoms with Gasteiger partial charge in [-0.2, -0.15) is 0 Å². The topological polar surface area (TPSA) is 28.7 Å². The highest BCUT2D eigenvalue weighted by Gasteiger charge is 2.05. The zero-order valence-corrected chi connectivity index (χ0v) is 7.85. The van der Waals surface area contributed by atoms with Crippen molar-refractivity contribution in [3.63, 3.8) is 0 Å². The molecule has 0 atom stereocenters. The molecule has 2 aromatic rings. The minimum atomic E-state index is -0.284. The van der Waals surface area contributed by atoms with Gasteiger partial charge in [-0.1, -0.05) is 0 Å². The van der Waals surface area contributed by atoms with Gasteiger partial charge < -0.3 is 4.98 Å². The summed E-state index contributed by atoms with van der Waals surface area (Å²) in [6.45, 7) is 1.72. The van der Waals surface area contributed by atoms with Gasteiger partial charge in [-0.15, -0.1) is 11.3 Å². The maximum absolute atomic E-state index is 13.0. The first-order valence-electron chi connectivity index (χ1n) is 3.32. The van der Waals surface area contributed by atoms with E-state index in [9.17, 15) is 4.39 Å². The molecule has 0 saturated heterocycles. The van der Waals surface area contributed by atoms with Crippen molar-refractivity contribution in [2.24, 2.45) is 0 Å². The average molecular weight is 200 g/mol. The van der Waals surface area contributed by atoms with Crippen molar-refractivity contribution in [1.82, 2.24) is 9.97 Å². The van der Waals surface area contributed by atoms with E-state index in [1.165, 1.54) is 17.5 Å². The zero-order chi connectivity index (χ0) is 8.72. The molecule has 62 valence electrons. The summed E-state index contributed by atoms with van der Waals surface area (Å²) in [5.41, 5.74) is 1.28. The number of pyridine rings is 1. The third kappa shape index (κ3) is 1.05. The van der Waals surface area contributed by atoms with Crippen molar-refractivity contribution in [3.8, 4) is 0 Å². The number of aromatic amines is 1. The molecule has 0 aliphatic carbocycles. The first-order chi connectivity index (χ1) is 5.68. The molecule has 1 N–H and O–H groups in total. The van der Waals surface area contributed by atoms with Crippen molar-refractivity contribution in [3.05, 3.63) is 21.5 Å². The Morgan fingerprint density at radius 3 is 3.17 bits per heavy atom. The van der Waals surface area contributed by atoms with Gasteiger partial charge in [0.1, 0.15) is 11.5 Å². The SMILES string of the molecule is Cc1c(F)cnc2[nH]c(=S)sc12. The highest BCUT2D eigenvalue weighted by atomic mass is 32.1. The van der Waals surface area contributed by atoms with Crippen molar-refractivity contribution in [2.75, 3.05) is 0 Å². The van der Waals surface area contributed by atoms with Crippen molar-refractivity contribution >= 4 is 33.9 Å². The molecule has 0 bridgehead atoms. The number of nitrogens with zero attached hydrogens (tertiary/aromatic N) is 1. The zero-order valence-electron chi connectivity index (χ0n) is 6.22. The van der Waals surface area contributed by atoms with Crippen molar-refractivity contribution in [2.45, 2.75) is 6.92 Å². The quantitative estimate of drug-likeness (QED) is 0.662. The van der Waals surface area contributed by atoms with Gasteiger partial charge in [0.25, 0.3) is 0 Å². The number of hydrogen-bond donors (Lipinski definition) is 1. The molecule has 12 heavy (non-hydrogen) atoms. The predicted molar refractivity (Wildman–Crippen MR) is 49.5 cm³/mol. The Kier molecular flexibility index (Phi) is 1.69. The Hall–Kier alpha value is -0.810. The number of H-pyrrole nitrogens is 1. The fraction of sp³-hybridized carbons (Fsp3) is 0.143. The molecule has 5 heteroatoms. The Labute approximate surface area is 77.1 Å². The summed E-state index contributed by atoms with van der Waals surface area (Å²) in [6.07, 6.45) is 1.20. The van der Waals surface area contributed by atoms with Crippen LogP contribution in [0.5, 0.6) is 0 Å². The smallest absolute Gasteiger partial charge is 0.160 e. The van der Waals surface area contributed by atoms with Crippen LogP contribution in [0.4, 0.5) is 4.39 Å². The Bertz CT molecular complexity index is 486. The lowest BCUT2D eigenvalue weighted by Crippen LogP contribution is -1.84. The summed E-state index contributed by atoms with van der Waals surface area (Å²) >= 11 is 6.27. The van der Waals surface area contributed by atoms with Gasteiger partial charge in [0.05, 0.1) is 10.9 Å². The largest absolute Gasteiger partial charge is 0.322 e. The van der Waals surface area contributed by atoms with Crippen LogP contribution in [0.2, 0.25) is 0 Å². The van der Waals surface area contributed by atoms with Gasteiger partial charge in [0.2, 0.25) is 0 Å². The fourth-order valence-corrected chi connectivity index (χ4v) is 2.12. The maximum atomic E-state index is 13.0. The highest BCUT2D eigenvalue weighted by Crippen LogP contribution is 2.22. The van der Waals surface area contributed by atoms with Crippen LogP contribution >= 0.6 is 23.6 Å². The van der Waals surface area contributed by atoms with Gasteiger partial charge in [-0.25, -0.2) is 9.37 Å². The number of aromatic nitrogens is 2. The first-order valence-corrected chi connectivity index (χ1v) is 4.55. The molecule has 0 spiro atoms. The summed E-state index contributed by atoms with van der Waals surface area (Å²) in [4.78, 5) is 6.76. The normalized spacial score (nSPS) is 10.8. The van der Waals surface area contributed by atoms with Gasteiger partial charge in [0, 0.05) is 5.56 Å². The van der Waals surface area contributed by atoms with Crippen molar-refractivity contribution < 1.29 is 4.39 Å². The average Bonchev–Trinajstić information content (AvgIpc) is 2.39. The van der Waals surface area contributed by atoms with E-state index in [2.05, 4.69) is 9.97 Å². The molecular formula is C7H5FN2S2. The molecule has 2 aromatic heterocycles. The van der Waals surface area contributed by atoms with E-state index in [-0.39, 0.29) is 5.82 Å². The van der Waals surface area contributed by atoms with Crippen LogP contribution in [0.15, 0.2) is 6.20 Å². The third-order valence-corrected chi connectivity index (χ3v) is 2.98. The lowest BCUT2D eigenvalue weighted by Gasteiger charge is -1.94. The molecule has 0 fully saturated rings. The van der Waals surface area contributed by atoms with Crippen LogP contribution in [0.3, 0.4) is 0 Å².